The molecule has 3 atom stereocenters. The molecule has 1 aliphatic heterocycles. The van der Waals surface area contributed by atoms with Crippen molar-refractivity contribution in [3.63, 3.8) is 0 Å². The van der Waals surface area contributed by atoms with Crippen LogP contribution in [0.5, 0.6) is 0 Å². The lowest BCUT2D eigenvalue weighted by atomic mass is 10.1. The lowest BCUT2D eigenvalue weighted by molar-refractivity contribution is -0.166. The number of allylic oxidation sites excluding steroid dienone is 8. The molecule has 0 spiro atoms. The fourth-order valence-corrected chi connectivity index (χ4v) is 5.66. The third kappa shape index (κ3) is 25.5. The number of aliphatic hydroxyl groups is 1. The van der Waals surface area contributed by atoms with Gasteiger partial charge in [-0.2, -0.15) is 0 Å². The van der Waals surface area contributed by atoms with Crippen LogP contribution in [0.2, 0.25) is 0 Å². The molecular weight excluding hydrogens is 588 g/mol. The third-order valence-electron chi connectivity index (χ3n) is 8.60. The Labute approximate surface area is 288 Å². The fourth-order valence-electron chi connectivity index (χ4n) is 5.66. The van der Waals surface area contributed by atoms with Crippen LogP contribution in [0.3, 0.4) is 0 Å². The highest BCUT2D eigenvalue weighted by Crippen LogP contribution is 2.23. The number of hydrogen-bond donors (Lipinski definition) is 1. The van der Waals surface area contributed by atoms with Crippen molar-refractivity contribution in [1.29, 1.82) is 0 Å². The highest BCUT2D eigenvalue weighted by atomic mass is 16.6. The summed E-state index contributed by atoms with van der Waals surface area (Å²) < 4.78 is 16.9. The maximum Gasteiger partial charge on any atom is 0.306 e. The van der Waals surface area contributed by atoms with Crippen LogP contribution < -0.4 is 0 Å². The van der Waals surface area contributed by atoms with Gasteiger partial charge in [0, 0.05) is 12.8 Å². The summed E-state index contributed by atoms with van der Waals surface area (Å²) >= 11 is 0. The van der Waals surface area contributed by atoms with Gasteiger partial charge in [0.1, 0.15) is 6.10 Å². The van der Waals surface area contributed by atoms with Crippen molar-refractivity contribution in [2.24, 2.45) is 0 Å². The van der Waals surface area contributed by atoms with E-state index in [4.69, 9.17) is 14.2 Å². The molecule has 0 bridgehead atoms. The summed E-state index contributed by atoms with van der Waals surface area (Å²) in [5.41, 5.74) is 0. The molecule has 1 unspecified atom stereocenters. The van der Waals surface area contributed by atoms with Crippen molar-refractivity contribution in [3.8, 4) is 0 Å². The summed E-state index contributed by atoms with van der Waals surface area (Å²) in [4.78, 5) is 25.0. The zero-order valence-electron chi connectivity index (χ0n) is 30.2. The van der Waals surface area contributed by atoms with Gasteiger partial charge in [-0.15, -0.1) is 0 Å². The zero-order valence-corrected chi connectivity index (χ0v) is 30.2. The molecule has 270 valence electrons. The van der Waals surface area contributed by atoms with Gasteiger partial charge in [0.05, 0.1) is 13.2 Å². The number of carbonyl (C=O) groups is 2. The van der Waals surface area contributed by atoms with Gasteiger partial charge >= 0.3 is 11.9 Å². The number of ether oxygens (including phenoxy) is 3. The molecular formula is C41H70O6. The largest absolute Gasteiger partial charge is 0.456 e. The molecule has 47 heavy (non-hydrogen) atoms. The van der Waals surface area contributed by atoms with Crippen molar-refractivity contribution < 1.29 is 28.9 Å². The van der Waals surface area contributed by atoms with E-state index >= 15 is 0 Å². The molecule has 0 aromatic rings. The molecule has 0 aliphatic carbocycles. The Morgan fingerprint density at radius 2 is 0.979 bits per heavy atom. The second kappa shape index (κ2) is 32.4. The Morgan fingerprint density at radius 1 is 0.574 bits per heavy atom. The van der Waals surface area contributed by atoms with Crippen LogP contribution in [0.4, 0.5) is 0 Å². The van der Waals surface area contributed by atoms with Crippen LogP contribution in [-0.4, -0.2) is 48.6 Å². The predicted octanol–water partition coefficient (Wildman–Crippen LogP) is 10.8. The normalized spacial score (nSPS) is 18.4. The van der Waals surface area contributed by atoms with Gasteiger partial charge in [0.15, 0.2) is 12.2 Å². The Balaban J connectivity index is 2.10. The van der Waals surface area contributed by atoms with Gasteiger partial charge in [0.25, 0.3) is 0 Å². The second-order valence-electron chi connectivity index (χ2n) is 13.0. The van der Waals surface area contributed by atoms with E-state index in [1.165, 1.54) is 64.2 Å². The molecule has 6 heteroatoms. The minimum atomic E-state index is -0.751. The van der Waals surface area contributed by atoms with Crippen LogP contribution in [0.25, 0.3) is 0 Å². The molecule has 1 rings (SSSR count). The van der Waals surface area contributed by atoms with E-state index in [0.29, 0.717) is 12.8 Å². The molecule has 0 saturated carbocycles. The zero-order chi connectivity index (χ0) is 34.0. The Morgan fingerprint density at radius 3 is 1.43 bits per heavy atom. The molecule has 1 fully saturated rings. The Hall–Kier alpha value is -2.18. The van der Waals surface area contributed by atoms with Crippen LogP contribution in [0.15, 0.2) is 48.6 Å². The van der Waals surface area contributed by atoms with E-state index < -0.39 is 18.3 Å². The minimum Gasteiger partial charge on any atom is -0.456 e. The first-order valence-electron chi connectivity index (χ1n) is 19.3. The molecule has 1 saturated heterocycles. The summed E-state index contributed by atoms with van der Waals surface area (Å²) in [5.74, 6) is -0.614. The Bertz CT molecular complexity index is 860. The standard InChI is InChI=1S/C41H70O6/c1-3-5-7-9-11-13-15-17-19-21-23-25-27-29-31-33-39(43)46-38-36-45-37(35-42)41(38)47-40(44)34-32-30-28-26-24-22-20-18-16-14-12-10-8-6-4-2/h11-14,17-20,37-38,41-42H,3-10,15-16,21-36H2,1-2H3/b13-11-,14-12-,19-17-,20-18-/t37-,38?,41+/m1/s1. The number of rotatable bonds is 31. The molecule has 1 N–H and O–H groups in total. The van der Waals surface area contributed by atoms with E-state index in [1.54, 1.807) is 0 Å². The lowest BCUT2D eigenvalue weighted by Crippen LogP contribution is -2.39. The topological polar surface area (TPSA) is 82.1 Å². The molecule has 1 aliphatic rings. The molecule has 0 amide bonds. The van der Waals surface area contributed by atoms with Crippen molar-refractivity contribution >= 4 is 11.9 Å². The number of hydrogen-bond acceptors (Lipinski definition) is 6. The van der Waals surface area contributed by atoms with Crippen LogP contribution in [-0.2, 0) is 23.8 Å². The van der Waals surface area contributed by atoms with Crippen molar-refractivity contribution in [1.82, 2.24) is 0 Å². The van der Waals surface area contributed by atoms with Gasteiger partial charge < -0.3 is 19.3 Å². The molecule has 0 aromatic heterocycles. The van der Waals surface area contributed by atoms with Gasteiger partial charge in [-0.25, -0.2) is 0 Å². The van der Waals surface area contributed by atoms with Gasteiger partial charge in [-0.05, 0) is 77.0 Å². The number of carbonyl (C=O) groups excluding carboxylic acids is 2. The second-order valence-corrected chi connectivity index (χ2v) is 13.0. The fraction of sp³-hybridized carbons (Fsp3) is 0.756. The smallest absolute Gasteiger partial charge is 0.306 e. The lowest BCUT2D eigenvalue weighted by Gasteiger charge is -2.22. The third-order valence-corrected chi connectivity index (χ3v) is 8.60. The maximum atomic E-state index is 12.5. The molecule has 6 nitrogen and oxygen atoms in total. The summed E-state index contributed by atoms with van der Waals surface area (Å²) in [7, 11) is 0. The Kier molecular flexibility index (Phi) is 29.5. The van der Waals surface area contributed by atoms with E-state index in [2.05, 4.69) is 62.5 Å². The highest BCUT2D eigenvalue weighted by molar-refractivity contribution is 5.70. The van der Waals surface area contributed by atoms with E-state index in [9.17, 15) is 14.7 Å². The number of unbranched alkanes of at least 4 members (excludes halogenated alkanes) is 16. The summed E-state index contributed by atoms with van der Waals surface area (Å²) in [6.45, 7) is 4.33. The molecule has 0 aromatic carbocycles. The van der Waals surface area contributed by atoms with Gasteiger partial charge in [-0.1, -0.05) is 127 Å². The highest BCUT2D eigenvalue weighted by Gasteiger charge is 2.42. The van der Waals surface area contributed by atoms with Gasteiger partial charge in [-0.3, -0.25) is 9.59 Å². The average molecular weight is 659 g/mol. The van der Waals surface area contributed by atoms with Crippen LogP contribution >= 0.6 is 0 Å². The summed E-state index contributed by atoms with van der Waals surface area (Å²) in [6, 6.07) is 0. The summed E-state index contributed by atoms with van der Waals surface area (Å²) in [6.07, 6.45) is 41.5. The van der Waals surface area contributed by atoms with Crippen LogP contribution in [0, 0.1) is 0 Å². The van der Waals surface area contributed by atoms with Crippen molar-refractivity contribution in [2.45, 2.75) is 186 Å². The SMILES string of the molecule is CCCCC/C=C\C/C=C\CCCCCCCC(=O)OC1CO[C@H](CO)[C@@H]1OC(=O)CCCCCCC/C=C\C/C=C\CCCCC. The minimum absolute atomic E-state index is 0.140. The monoisotopic (exact) mass is 659 g/mol. The molecule has 0 radical (unpaired) electrons. The van der Waals surface area contributed by atoms with E-state index in [-0.39, 0.29) is 25.2 Å². The average Bonchev–Trinajstić information content (AvgIpc) is 3.44. The molecule has 1 heterocycles. The summed E-state index contributed by atoms with van der Waals surface area (Å²) in [5, 5.41) is 9.70. The van der Waals surface area contributed by atoms with E-state index in [0.717, 1.165) is 77.0 Å². The van der Waals surface area contributed by atoms with Crippen molar-refractivity contribution in [3.05, 3.63) is 48.6 Å². The first kappa shape index (κ1) is 42.8. The first-order chi connectivity index (χ1) is 23.1. The number of esters is 2. The van der Waals surface area contributed by atoms with Crippen molar-refractivity contribution in [2.75, 3.05) is 13.2 Å². The maximum absolute atomic E-state index is 12.5. The predicted molar refractivity (Wildman–Crippen MR) is 195 cm³/mol. The number of aliphatic hydroxyl groups excluding tert-OH is 1. The van der Waals surface area contributed by atoms with Gasteiger partial charge in [0.2, 0.25) is 0 Å². The first-order valence-corrected chi connectivity index (χ1v) is 19.3. The van der Waals surface area contributed by atoms with Crippen LogP contribution in [0.1, 0.15) is 168 Å². The quantitative estimate of drug-likeness (QED) is 0.0453. The van der Waals surface area contributed by atoms with E-state index in [1.807, 2.05) is 0 Å².